The van der Waals surface area contributed by atoms with Gasteiger partial charge in [-0.05, 0) is 41.4 Å². The summed E-state index contributed by atoms with van der Waals surface area (Å²) < 4.78 is 23.2. The summed E-state index contributed by atoms with van der Waals surface area (Å²) in [5, 5.41) is 3.18. The topological polar surface area (TPSA) is 46.2 Å². The number of hydrogen-bond acceptors (Lipinski definition) is 3. The van der Waals surface area contributed by atoms with Crippen molar-refractivity contribution >= 4 is 31.5 Å². The van der Waals surface area contributed by atoms with Crippen molar-refractivity contribution in [1.82, 2.24) is 0 Å². The van der Waals surface area contributed by atoms with E-state index in [9.17, 15) is 8.42 Å². The molecule has 3 nitrogen and oxygen atoms in total. The van der Waals surface area contributed by atoms with Crippen molar-refractivity contribution in [1.29, 1.82) is 0 Å². The van der Waals surface area contributed by atoms with Gasteiger partial charge in [0.25, 0.3) is 0 Å². The number of benzene rings is 1. The highest BCUT2D eigenvalue weighted by molar-refractivity contribution is 9.10. The van der Waals surface area contributed by atoms with Crippen molar-refractivity contribution in [2.24, 2.45) is 0 Å². The third-order valence-electron chi connectivity index (χ3n) is 2.15. The number of rotatable bonds is 4. The second kappa shape index (κ2) is 5.19. The minimum absolute atomic E-state index is 0.104. The van der Waals surface area contributed by atoms with Crippen LogP contribution in [0.25, 0.3) is 0 Å². The minimum Gasteiger partial charge on any atom is -0.381 e. The molecule has 0 aliphatic heterocycles. The summed E-state index contributed by atoms with van der Waals surface area (Å²) in [4.78, 5) is 0. The number of sulfone groups is 1. The van der Waals surface area contributed by atoms with Gasteiger partial charge in [-0.15, -0.1) is 0 Å². The summed E-state index contributed by atoms with van der Waals surface area (Å²) in [6.45, 7) is 3.85. The number of halogens is 1. The molecule has 1 unspecified atom stereocenters. The molecule has 1 atom stereocenters. The molecule has 0 aliphatic rings. The average molecular weight is 306 g/mol. The molecule has 0 fully saturated rings. The Kier molecular flexibility index (Phi) is 4.38. The molecule has 0 heterocycles. The van der Waals surface area contributed by atoms with E-state index in [1.165, 1.54) is 6.26 Å². The van der Waals surface area contributed by atoms with E-state index in [1.807, 2.05) is 32.0 Å². The van der Waals surface area contributed by atoms with Gasteiger partial charge in [-0.3, -0.25) is 0 Å². The van der Waals surface area contributed by atoms with Gasteiger partial charge in [0.2, 0.25) is 0 Å². The first-order valence-corrected chi connectivity index (χ1v) is 7.84. The predicted octanol–water partition coefficient (Wildman–Crippen LogP) is 2.60. The van der Waals surface area contributed by atoms with Gasteiger partial charge in [0, 0.05) is 22.5 Å². The van der Waals surface area contributed by atoms with Crippen LogP contribution >= 0.6 is 15.9 Å². The number of hydrogen-bond donors (Lipinski definition) is 1. The fraction of sp³-hybridized carbons (Fsp3) is 0.455. The van der Waals surface area contributed by atoms with E-state index in [1.54, 1.807) is 0 Å². The highest BCUT2D eigenvalue weighted by Gasteiger charge is 2.11. The van der Waals surface area contributed by atoms with Crippen molar-refractivity contribution < 1.29 is 8.42 Å². The standard InChI is InChI=1S/C11H16BrNO2S/c1-8-5-4-6-10(11(8)12)13-9(2)7-16(3,14)15/h4-6,9,13H,7H2,1-3H3. The maximum atomic E-state index is 11.1. The fourth-order valence-electron chi connectivity index (χ4n) is 1.52. The monoisotopic (exact) mass is 305 g/mol. The van der Waals surface area contributed by atoms with Gasteiger partial charge in [0.1, 0.15) is 9.84 Å². The molecule has 0 spiro atoms. The third-order valence-corrected chi connectivity index (χ3v) is 4.30. The van der Waals surface area contributed by atoms with Crippen molar-refractivity contribution in [3.8, 4) is 0 Å². The number of nitrogens with one attached hydrogen (secondary N) is 1. The lowest BCUT2D eigenvalue weighted by Gasteiger charge is -2.16. The molecule has 16 heavy (non-hydrogen) atoms. The Hall–Kier alpha value is -0.550. The maximum absolute atomic E-state index is 11.1. The zero-order valence-corrected chi connectivity index (χ0v) is 12.0. The van der Waals surface area contributed by atoms with Gasteiger partial charge in [0.15, 0.2) is 0 Å². The Labute approximate surface area is 105 Å². The van der Waals surface area contributed by atoms with E-state index >= 15 is 0 Å². The lowest BCUT2D eigenvalue weighted by atomic mass is 10.2. The van der Waals surface area contributed by atoms with E-state index in [-0.39, 0.29) is 11.8 Å². The summed E-state index contributed by atoms with van der Waals surface area (Å²) in [5.74, 6) is 0.132. The predicted molar refractivity (Wildman–Crippen MR) is 71.7 cm³/mol. The van der Waals surface area contributed by atoms with Gasteiger partial charge in [-0.2, -0.15) is 0 Å². The summed E-state index contributed by atoms with van der Waals surface area (Å²) >= 11 is 3.48. The fourth-order valence-corrected chi connectivity index (χ4v) is 2.89. The molecule has 1 N–H and O–H groups in total. The van der Waals surface area contributed by atoms with Crippen LogP contribution in [0, 0.1) is 6.92 Å². The molecule has 0 aromatic heterocycles. The first-order valence-electron chi connectivity index (χ1n) is 4.99. The molecular weight excluding hydrogens is 290 g/mol. The summed E-state index contributed by atoms with van der Waals surface area (Å²) in [6, 6.07) is 5.76. The van der Waals surface area contributed by atoms with Crippen molar-refractivity contribution in [3.05, 3.63) is 28.2 Å². The zero-order valence-electron chi connectivity index (χ0n) is 9.62. The largest absolute Gasteiger partial charge is 0.381 e. The Morgan fingerprint density at radius 2 is 2.06 bits per heavy atom. The van der Waals surface area contributed by atoms with Gasteiger partial charge in [-0.25, -0.2) is 8.42 Å². The van der Waals surface area contributed by atoms with Gasteiger partial charge < -0.3 is 5.32 Å². The molecule has 5 heteroatoms. The van der Waals surface area contributed by atoms with Crippen LogP contribution in [0.2, 0.25) is 0 Å². The van der Waals surface area contributed by atoms with Crippen molar-refractivity contribution in [2.45, 2.75) is 19.9 Å². The van der Waals surface area contributed by atoms with E-state index in [0.29, 0.717) is 0 Å². The summed E-state index contributed by atoms with van der Waals surface area (Å²) in [7, 11) is -2.94. The van der Waals surface area contributed by atoms with Gasteiger partial charge >= 0.3 is 0 Å². The van der Waals surface area contributed by atoms with E-state index < -0.39 is 9.84 Å². The second-order valence-electron chi connectivity index (χ2n) is 4.07. The number of anilines is 1. The molecular formula is C11H16BrNO2S. The molecule has 0 radical (unpaired) electrons. The van der Waals surface area contributed by atoms with E-state index in [4.69, 9.17) is 0 Å². The molecule has 90 valence electrons. The van der Waals surface area contributed by atoms with Crippen LogP contribution in [0.5, 0.6) is 0 Å². The summed E-state index contributed by atoms with van der Waals surface area (Å²) in [5.41, 5.74) is 2.05. The maximum Gasteiger partial charge on any atom is 0.149 e. The minimum atomic E-state index is -2.94. The molecule has 0 aliphatic carbocycles. The van der Waals surface area contributed by atoms with Gasteiger partial charge in [-0.1, -0.05) is 12.1 Å². The first-order chi connectivity index (χ1) is 7.29. The molecule has 0 saturated heterocycles. The third kappa shape index (κ3) is 4.14. The van der Waals surface area contributed by atoms with Gasteiger partial charge in [0.05, 0.1) is 5.75 Å². The highest BCUT2D eigenvalue weighted by Crippen LogP contribution is 2.26. The number of aryl methyl sites for hydroxylation is 1. The molecule has 1 aromatic rings. The van der Waals surface area contributed by atoms with Crippen molar-refractivity contribution in [3.63, 3.8) is 0 Å². The Morgan fingerprint density at radius 1 is 1.44 bits per heavy atom. The first kappa shape index (κ1) is 13.5. The van der Waals surface area contributed by atoms with Crippen LogP contribution < -0.4 is 5.32 Å². The summed E-state index contributed by atoms with van der Waals surface area (Å²) in [6.07, 6.45) is 1.25. The van der Waals surface area contributed by atoms with Crippen LogP contribution in [0.1, 0.15) is 12.5 Å². The van der Waals surface area contributed by atoms with Crippen molar-refractivity contribution in [2.75, 3.05) is 17.3 Å². The quantitative estimate of drug-likeness (QED) is 0.930. The second-order valence-corrected chi connectivity index (χ2v) is 7.05. The van der Waals surface area contributed by atoms with Crippen LogP contribution in [-0.4, -0.2) is 26.5 Å². The lowest BCUT2D eigenvalue weighted by Crippen LogP contribution is -2.25. The highest BCUT2D eigenvalue weighted by atomic mass is 79.9. The normalized spacial score (nSPS) is 13.5. The molecule has 0 saturated carbocycles. The van der Waals surface area contributed by atoms with Crippen LogP contribution in [0.15, 0.2) is 22.7 Å². The van der Waals surface area contributed by atoms with Crippen LogP contribution in [0.4, 0.5) is 5.69 Å². The molecule has 1 rings (SSSR count). The van der Waals surface area contributed by atoms with E-state index in [0.717, 1.165) is 15.7 Å². The van der Waals surface area contributed by atoms with E-state index in [2.05, 4.69) is 21.2 Å². The zero-order chi connectivity index (χ0) is 12.3. The average Bonchev–Trinajstić information content (AvgIpc) is 2.09. The Morgan fingerprint density at radius 3 is 2.62 bits per heavy atom. The van der Waals surface area contributed by atoms with Crippen LogP contribution in [-0.2, 0) is 9.84 Å². The molecule has 1 aromatic carbocycles. The Bertz CT molecular complexity index is 471. The lowest BCUT2D eigenvalue weighted by molar-refractivity contribution is 0.598. The molecule has 0 amide bonds. The SMILES string of the molecule is Cc1cccc(NC(C)CS(C)(=O)=O)c1Br. The van der Waals surface area contributed by atoms with Crippen LogP contribution in [0.3, 0.4) is 0 Å². The Balaban J connectivity index is 2.77. The molecule has 0 bridgehead atoms. The smallest absolute Gasteiger partial charge is 0.149 e.